The lowest BCUT2D eigenvalue weighted by atomic mass is 9.96. The molecule has 2 heterocycles. The van der Waals surface area contributed by atoms with E-state index in [-0.39, 0.29) is 24.6 Å². The van der Waals surface area contributed by atoms with Gasteiger partial charge in [-0.3, -0.25) is 9.78 Å². The van der Waals surface area contributed by atoms with Crippen LogP contribution >= 0.6 is 0 Å². The monoisotopic (exact) mass is 371 g/mol. The summed E-state index contributed by atoms with van der Waals surface area (Å²) in [6.45, 7) is 1.50. The lowest BCUT2D eigenvalue weighted by Crippen LogP contribution is -2.40. The number of aliphatic hydroxyl groups is 1. The van der Waals surface area contributed by atoms with Gasteiger partial charge in [0.15, 0.2) is 0 Å². The second-order valence-corrected chi connectivity index (χ2v) is 7.08. The van der Waals surface area contributed by atoms with Gasteiger partial charge < -0.3 is 15.7 Å². The molecule has 1 aliphatic rings. The maximum atomic E-state index is 13.8. The summed E-state index contributed by atoms with van der Waals surface area (Å²) in [4.78, 5) is 19.0. The van der Waals surface area contributed by atoms with Gasteiger partial charge in [-0.25, -0.2) is 4.39 Å². The molecule has 1 aromatic heterocycles. The second kappa shape index (κ2) is 9.06. The maximum Gasteiger partial charge on any atom is 0.255 e. The van der Waals surface area contributed by atoms with Crippen molar-refractivity contribution in [2.45, 2.75) is 44.2 Å². The first-order valence-electron chi connectivity index (χ1n) is 9.46. The average Bonchev–Trinajstić information content (AvgIpc) is 2.70. The van der Waals surface area contributed by atoms with E-state index in [4.69, 9.17) is 5.73 Å². The Morgan fingerprint density at radius 3 is 2.63 bits per heavy atom. The normalized spacial score (nSPS) is 16.8. The maximum absolute atomic E-state index is 13.8. The zero-order valence-electron chi connectivity index (χ0n) is 15.4. The Labute approximate surface area is 159 Å². The lowest BCUT2D eigenvalue weighted by molar-refractivity contribution is 0.0721. The second-order valence-electron chi connectivity index (χ2n) is 7.08. The van der Waals surface area contributed by atoms with E-state index in [9.17, 15) is 14.3 Å². The molecule has 1 aliphatic heterocycles. The summed E-state index contributed by atoms with van der Waals surface area (Å²) in [5, 5.41) is 10.5. The van der Waals surface area contributed by atoms with E-state index in [0.717, 1.165) is 32.4 Å². The third kappa shape index (κ3) is 4.90. The van der Waals surface area contributed by atoms with Crippen LogP contribution in [0.4, 0.5) is 4.39 Å². The number of pyridine rings is 1. The van der Waals surface area contributed by atoms with Gasteiger partial charge in [-0.2, -0.15) is 0 Å². The minimum Gasteiger partial charge on any atom is -0.391 e. The van der Waals surface area contributed by atoms with E-state index in [0.29, 0.717) is 16.8 Å². The van der Waals surface area contributed by atoms with Crippen LogP contribution in [0.25, 0.3) is 0 Å². The molecule has 0 spiro atoms. The van der Waals surface area contributed by atoms with Gasteiger partial charge in [0.1, 0.15) is 5.82 Å². The fourth-order valence-corrected chi connectivity index (χ4v) is 3.47. The molecule has 0 bridgehead atoms. The Balaban J connectivity index is 1.69. The third-order valence-corrected chi connectivity index (χ3v) is 5.07. The molecular formula is C21H26FN3O2. The van der Waals surface area contributed by atoms with Gasteiger partial charge in [-0.15, -0.1) is 0 Å². The van der Waals surface area contributed by atoms with E-state index >= 15 is 0 Å². The summed E-state index contributed by atoms with van der Waals surface area (Å²) >= 11 is 0. The molecule has 0 aliphatic carbocycles. The highest BCUT2D eigenvalue weighted by molar-refractivity contribution is 5.95. The number of amides is 1. The van der Waals surface area contributed by atoms with Crippen molar-refractivity contribution < 1.29 is 14.3 Å². The van der Waals surface area contributed by atoms with Crippen LogP contribution in [0, 0.1) is 5.82 Å². The van der Waals surface area contributed by atoms with Crippen molar-refractivity contribution in [2.75, 3.05) is 13.1 Å². The van der Waals surface area contributed by atoms with Gasteiger partial charge in [-0.05, 0) is 49.4 Å². The molecule has 1 aromatic carbocycles. The number of piperidine rings is 1. The molecule has 3 rings (SSSR count). The Morgan fingerprint density at radius 1 is 1.15 bits per heavy atom. The first-order chi connectivity index (χ1) is 13.1. The molecule has 1 fully saturated rings. The van der Waals surface area contributed by atoms with Gasteiger partial charge in [0.25, 0.3) is 5.91 Å². The van der Waals surface area contributed by atoms with Crippen LogP contribution in [0.2, 0.25) is 0 Å². The van der Waals surface area contributed by atoms with Gasteiger partial charge in [0, 0.05) is 31.7 Å². The highest BCUT2D eigenvalue weighted by atomic mass is 19.1. The number of aliphatic hydroxyl groups excluding tert-OH is 1. The predicted octanol–water partition coefficient (Wildman–Crippen LogP) is 2.32. The largest absolute Gasteiger partial charge is 0.391 e. The molecule has 0 saturated carbocycles. The molecule has 27 heavy (non-hydrogen) atoms. The number of rotatable bonds is 6. The average molecular weight is 371 g/mol. The fourth-order valence-electron chi connectivity index (χ4n) is 3.47. The van der Waals surface area contributed by atoms with Crippen molar-refractivity contribution in [3.8, 4) is 0 Å². The molecule has 144 valence electrons. The molecule has 5 nitrogen and oxygen atoms in total. The summed E-state index contributed by atoms with van der Waals surface area (Å²) < 4.78 is 13.8. The molecule has 3 N–H and O–H groups in total. The van der Waals surface area contributed by atoms with Crippen LogP contribution in [0.5, 0.6) is 0 Å². The highest BCUT2D eigenvalue weighted by Gasteiger charge is 2.24. The molecule has 1 amide bonds. The van der Waals surface area contributed by atoms with Crippen LogP contribution in [0.1, 0.15) is 40.9 Å². The molecule has 2 unspecified atom stereocenters. The topological polar surface area (TPSA) is 79.5 Å². The van der Waals surface area contributed by atoms with Crippen molar-refractivity contribution in [2.24, 2.45) is 5.73 Å². The Morgan fingerprint density at radius 2 is 1.89 bits per heavy atom. The summed E-state index contributed by atoms with van der Waals surface area (Å²) in [7, 11) is 0. The molecule has 0 radical (unpaired) electrons. The predicted molar refractivity (Wildman–Crippen MR) is 102 cm³/mol. The standard InChI is InChI=1S/C21H26FN3O2/c22-17-9-3-2-7-15(17)13-18(23)20(26)14-19-16(8-6-10-24-19)21(27)25-11-4-1-5-12-25/h2-3,6-10,18,20,26H,1,4-5,11-14,23H2. The van der Waals surface area contributed by atoms with Crippen LogP contribution in [-0.2, 0) is 12.8 Å². The molecule has 2 aromatic rings. The van der Waals surface area contributed by atoms with Gasteiger partial charge in [0.2, 0.25) is 0 Å². The number of carbonyl (C=O) groups is 1. The van der Waals surface area contributed by atoms with Crippen LogP contribution in [0.15, 0.2) is 42.6 Å². The minimum absolute atomic E-state index is 0.0484. The van der Waals surface area contributed by atoms with Crippen molar-refractivity contribution in [3.63, 3.8) is 0 Å². The van der Waals surface area contributed by atoms with E-state index in [2.05, 4.69) is 4.98 Å². The van der Waals surface area contributed by atoms with E-state index in [1.54, 1.807) is 36.5 Å². The number of nitrogens with two attached hydrogens (primary N) is 1. The number of benzene rings is 1. The smallest absolute Gasteiger partial charge is 0.255 e. The van der Waals surface area contributed by atoms with E-state index in [1.165, 1.54) is 6.07 Å². The van der Waals surface area contributed by atoms with Crippen molar-refractivity contribution in [3.05, 3.63) is 65.2 Å². The molecule has 2 atom stereocenters. The zero-order chi connectivity index (χ0) is 19.2. The lowest BCUT2D eigenvalue weighted by Gasteiger charge is -2.27. The number of aromatic nitrogens is 1. The first kappa shape index (κ1) is 19.5. The molecular weight excluding hydrogens is 345 g/mol. The Bertz CT molecular complexity index is 778. The van der Waals surface area contributed by atoms with Crippen LogP contribution < -0.4 is 5.73 Å². The van der Waals surface area contributed by atoms with Crippen LogP contribution in [0.3, 0.4) is 0 Å². The van der Waals surface area contributed by atoms with Crippen molar-refractivity contribution in [1.29, 1.82) is 0 Å². The van der Waals surface area contributed by atoms with Gasteiger partial charge in [-0.1, -0.05) is 18.2 Å². The molecule has 6 heteroatoms. The quantitative estimate of drug-likeness (QED) is 0.817. The van der Waals surface area contributed by atoms with Crippen molar-refractivity contribution >= 4 is 5.91 Å². The van der Waals surface area contributed by atoms with Gasteiger partial charge >= 0.3 is 0 Å². The zero-order valence-corrected chi connectivity index (χ0v) is 15.4. The SMILES string of the molecule is NC(Cc1ccccc1F)C(O)Cc1ncccc1C(=O)N1CCCCC1. The van der Waals surface area contributed by atoms with Crippen molar-refractivity contribution in [1.82, 2.24) is 9.88 Å². The summed E-state index contributed by atoms with van der Waals surface area (Å²) in [5.41, 5.74) is 7.61. The number of hydrogen-bond acceptors (Lipinski definition) is 4. The number of halogens is 1. The first-order valence-corrected chi connectivity index (χ1v) is 9.46. The van der Waals surface area contributed by atoms with E-state index < -0.39 is 12.1 Å². The minimum atomic E-state index is -0.924. The molecule has 1 saturated heterocycles. The van der Waals surface area contributed by atoms with Crippen LogP contribution in [-0.4, -0.2) is 46.1 Å². The third-order valence-electron chi connectivity index (χ3n) is 5.07. The number of nitrogens with zero attached hydrogens (tertiary/aromatic N) is 2. The number of hydrogen-bond donors (Lipinski definition) is 2. The summed E-state index contributed by atoms with van der Waals surface area (Å²) in [6.07, 6.45) is 4.23. The Hall–Kier alpha value is -2.31. The highest BCUT2D eigenvalue weighted by Crippen LogP contribution is 2.18. The number of carbonyl (C=O) groups excluding carboxylic acids is 1. The van der Waals surface area contributed by atoms with E-state index in [1.807, 2.05) is 4.90 Å². The fraction of sp³-hybridized carbons (Fsp3) is 0.429. The Kier molecular flexibility index (Phi) is 6.53. The van der Waals surface area contributed by atoms with Gasteiger partial charge in [0.05, 0.1) is 17.4 Å². The summed E-state index contributed by atoms with van der Waals surface area (Å²) in [5.74, 6) is -0.383. The summed E-state index contributed by atoms with van der Waals surface area (Å²) in [6, 6.07) is 9.22. The number of likely N-dealkylation sites (tertiary alicyclic amines) is 1.